The Morgan fingerprint density at radius 2 is 2.40 bits per heavy atom. The van der Waals surface area contributed by atoms with Crippen LogP contribution >= 0.6 is 0 Å². The third kappa shape index (κ3) is 4.89. The van der Waals surface area contributed by atoms with Gasteiger partial charge in [-0.3, -0.25) is 14.8 Å². The lowest BCUT2D eigenvalue weighted by molar-refractivity contribution is -0.129. The first-order chi connectivity index (χ1) is 12.1. The Balaban J connectivity index is 1.46. The second-order valence-electron chi connectivity index (χ2n) is 6.96. The van der Waals surface area contributed by atoms with Gasteiger partial charge in [0.1, 0.15) is 11.9 Å². The largest absolute Gasteiger partial charge is 0.367 e. The fourth-order valence-corrected chi connectivity index (χ4v) is 3.47. The van der Waals surface area contributed by atoms with E-state index in [1.165, 1.54) is 31.3 Å². The number of ether oxygens (including phenoxy) is 1. The first kappa shape index (κ1) is 18.1. The topological polar surface area (TPSA) is 83.1 Å². The number of hydrogen-bond donors (Lipinski definition) is 2. The van der Waals surface area contributed by atoms with Gasteiger partial charge < -0.3 is 10.1 Å². The smallest absolute Gasteiger partial charge is 0.237 e. The molecule has 7 nitrogen and oxygen atoms in total. The van der Waals surface area contributed by atoms with Gasteiger partial charge in [-0.2, -0.15) is 5.10 Å². The maximum absolute atomic E-state index is 12.5. The number of amides is 1. The van der Waals surface area contributed by atoms with Crippen LogP contribution in [0.1, 0.15) is 56.8 Å². The second kappa shape index (κ2) is 8.58. The number of aromatic amines is 1. The van der Waals surface area contributed by atoms with E-state index in [-0.39, 0.29) is 18.1 Å². The molecule has 2 heterocycles. The molecular formula is C18H29N5O2. The van der Waals surface area contributed by atoms with Crippen LogP contribution in [0, 0.1) is 6.92 Å². The third-order valence-electron chi connectivity index (χ3n) is 5.06. The van der Waals surface area contributed by atoms with E-state index in [2.05, 4.69) is 31.5 Å². The summed E-state index contributed by atoms with van der Waals surface area (Å²) in [6, 6.07) is -0.174. The van der Waals surface area contributed by atoms with Gasteiger partial charge in [0.15, 0.2) is 5.82 Å². The fraction of sp³-hybridized carbons (Fsp3) is 0.722. The van der Waals surface area contributed by atoms with Crippen molar-refractivity contribution < 1.29 is 9.53 Å². The van der Waals surface area contributed by atoms with Crippen molar-refractivity contribution in [1.29, 1.82) is 0 Å². The zero-order valence-corrected chi connectivity index (χ0v) is 15.3. The molecule has 2 unspecified atom stereocenters. The van der Waals surface area contributed by atoms with E-state index in [9.17, 15) is 4.79 Å². The van der Waals surface area contributed by atoms with Crippen LogP contribution in [0.15, 0.2) is 11.6 Å². The second-order valence-corrected chi connectivity index (χ2v) is 6.96. The lowest BCUT2D eigenvalue weighted by Crippen LogP contribution is -2.50. The summed E-state index contributed by atoms with van der Waals surface area (Å²) in [5.41, 5.74) is 1.49. The lowest BCUT2D eigenvalue weighted by Gasteiger charge is -2.35. The highest BCUT2D eigenvalue weighted by Gasteiger charge is 2.30. The first-order valence-electron chi connectivity index (χ1n) is 9.33. The Labute approximate surface area is 149 Å². The van der Waals surface area contributed by atoms with Gasteiger partial charge in [0.25, 0.3) is 0 Å². The van der Waals surface area contributed by atoms with Crippen molar-refractivity contribution in [2.24, 2.45) is 0 Å². The summed E-state index contributed by atoms with van der Waals surface area (Å²) in [4.78, 5) is 19.0. The number of aryl methyl sites for hydroxylation is 1. The van der Waals surface area contributed by atoms with Gasteiger partial charge in [0.05, 0.1) is 12.6 Å². The summed E-state index contributed by atoms with van der Waals surface area (Å²) in [5, 5.41) is 10.1. The van der Waals surface area contributed by atoms with Gasteiger partial charge in [-0.05, 0) is 46.0 Å². The van der Waals surface area contributed by atoms with Gasteiger partial charge >= 0.3 is 0 Å². The maximum atomic E-state index is 12.5. The minimum Gasteiger partial charge on any atom is -0.367 e. The molecule has 0 bridgehead atoms. The number of morpholine rings is 1. The summed E-state index contributed by atoms with van der Waals surface area (Å²) >= 11 is 0. The molecule has 138 valence electrons. The molecule has 0 aromatic carbocycles. The molecule has 1 aromatic rings. The molecule has 7 heteroatoms. The van der Waals surface area contributed by atoms with E-state index >= 15 is 0 Å². The summed E-state index contributed by atoms with van der Waals surface area (Å²) in [5.74, 6) is 1.53. The summed E-state index contributed by atoms with van der Waals surface area (Å²) in [6.07, 6.45) is 8.09. The van der Waals surface area contributed by atoms with Gasteiger partial charge in [0.2, 0.25) is 5.91 Å². The molecule has 1 amide bonds. The van der Waals surface area contributed by atoms with Crippen molar-refractivity contribution in [3.63, 3.8) is 0 Å². The Hall–Kier alpha value is -1.73. The van der Waals surface area contributed by atoms with Crippen LogP contribution in [0.5, 0.6) is 0 Å². The highest BCUT2D eigenvalue weighted by Crippen LogP contribution is 2.21. The number of hydrogen-bond acceptors (Lipinski definition) is 5. The molecular weight excluding hydrogens is 318 g/mol. The van der Waals surface area contributed by atoms with Crippen molar-refractivity contribution in [2.75, 3.05) is 26.2 Å². The molecule has 2 N–H and O–H groups in total. The number of rotatable bonds is 6. The van der Waals surface area contributed by atoms with E-state index < -0.39 is 0 Å². The normalized spacial score (nSPS) is 23.1. The van der Waals surface area contributed by atoms with Crippen molar-refractivity contribution in [3.05, 3.63) is 23.3 Å². The Morgan fingerprint density at radius 1 is 1.52 bits per heavy atom. The highest BCUT2D eigenvalue weighted by atomic mass is 16.5. The van der Waals surface area contributed by atoms with Gasteiger partial charge in [0, 0.05) is 19.6 Å². The van der Waals surface area contributed by atoms with Crippen LogP contribution in [-0.4, -0.2) is 58.3 Å². The minimum absolute atomic E-state index is 0.0863. The molecule has 0 radical (unpaired) electrons. The molecule has 1 fully saturated rings. The third-order valence-corrected chi connectivity index (χ3v) is 5.06. The predicted octanol–water partition coefficient (Wildman–Crippen LogP) is 1.88. The highest BCUT2D eigenvalue weighted by molar-refractivity contribution is 5.81. The van der Waals surface area contributed by atoms with Crippen LogP contribution < -0.4 is 5.32 Å². The number of H-pyrrole nitrogens is 1. The molecule has 1 aromatic heterocycles. The first-order valence-corrected chi connectivity index (χ1v) is 9.33. The van der Waals surface area contributed by atoms with Crippen molar-refractivity contribution in [1.82, 2.24) is 25.4 Å². The summed E-state index contributed by atoms with van der Waals surface area (Å²) in [6.45, 7) is 6.53. The molecule has 0 spiro atoms. The number of allylic oxidation sites excluding steroid dienone is 1. The SMILES string of the molecule is Cc1nc(C2CN(C(C)C(=O)NCCC3=CCCCC3)CCO2)n[nH]1. The average Bonchev–Trinajstić information content (AvgIpc) is 3.08. The summed E-state index contributed by atoms with van der Waals surface area (Å²) in [7, 11) is 0. The maximum Gasteiger partial charge on any atom is 0.237 e. The molecule has 2 aliphatic rings. The Bertz CT molecular complexity index is 612. The average molecular weight is 347 g/mol. The van der Waals surface area contributed by atoms with Crippen LogP contribution in [-0.2, 0) is 9.53 Å². The van der Waals surface area contributed by atoms with E-state index in [1.54, 1.807) is 0 Å². The van der Waals surface area contributed by atoms with E-state index in [4.69, 9.17) is 4.74 Å². The van der Waals surface area contributed by atoms with Crippen LogP contribution in [0.3, 0.4) is 0 Å². The molecule has 0 saturated carbocycles. The number of aromatic nitrogens is 3. The number of carbonyl (C=O) groups is 1. The molecule has 3 rings (SSSR count). The van der Waals surface area contributed by atoms with E-state index in [0.717, 1.165) is 25.3 Å². The van der Waals surface area contributed by atoms with Crippen molar-refractivity contribution in [2.45, 2.75) is 58.1 Å². The standard InChI is InChI=1S/C18H29N5O2/c1-13(18(24)19-9-8-15-6-4-3-5-7-15)23-10-11-25-16(12-23)17-20-14(2)21-22-17/h6,13,16H,3-5,7-12H2,1-2H3,(H,19,24)(H,20,21,22). The van der Waals surface area contributed by atoms with Gasteiger partial charge in [-0.1, -0.05) is 11.6 Å². The molecule has 1 aliphatic heterocycles. The van der Waals surface area contributed by atoms with Gasteiger partial charge in [-0.15, -0.1) is 0 Å². The monoisotopic (exact) mass is 347 g/mol. The van der Waals surface area contributed by atoms with Crippen molar-refractivity contribution >= 4 is 5.91 Å². The summed E-state index contributed by atoms with van der Waals surface area (Å²) < 4.78 is 5.77. The van der Waals surface area contributed by atoms with Crippen LogP contribution in [0.25, 0.3) is 0 Å². The molecule has 1 aliphatic carbocycles. The van der Waals surface area contributed by atoms with Crippen LogP contribution in [0.2, 0.25) is 0 Å². The fourth-order valence-electron chi connectivity index (χ4n) is 3.47. The van der Waals surface area contributed by atoms with Gasteiger partial charge in [-0.25, -0.2) is 4.98 Å². The van der Waals surface area contributed by atoms with E-state index in [1.807, 2.05) is 13.8 Å². The Kier molecular flexibility index (Phi) is 6.20. The van der Waals surface area contributed by atoms with Crippen molar-refractivity contribution in [3.8, 4) is 0 Å². The lowest BCUT2D eigenvalue weighted by atomic mass is 9.97. The molecule has 2 atom stereocenters. The van der Waals surface area contributed by atoms with Crippen LogP contribution in [0.4, 0.5) is 0 Å². The number of nitrogens with one attached hydrogen (secondary N) is 2. The van der Waals surface area contributed by atoms with E-state index in [0.29, 0.717) is 19.0 Å². The number of nitrogens with zero attached hydrogens (tertiary/aromatic N) is 3. The quantitative estimate of drug-likeness (QED) is 0.768. The zero-order chi connectivity index (χ0) is 17.6. The Morgan fingerprint density at radius 3 is 3.12 bits per heavy atom. The molecule has 1 saturated heterocycles. The zero-order valence-electron chi connectivity index (χ0n) is 15.3. The predicted molar refractivity (Wildman–Crippen MR) is 95.0 cm³/mol. The molecule has 25 heavy (non-hydrogen) atoms. The number of carbonyl (C=O) groups excluding carboxylic acids is 1. The minimum atomic E-state index is -0.179.